The predicted molar refractivity (Wildman–Crippen MR) is 48.2 cm³/mol. The summed E-state index contributed by atoms with van der Waals surface area (Å²) in [6.45, 7) is 3.97. The molecule has 76 valence electrons. The lowest BCUT2D eigenvalue weighted by molar-refractivity contribution is -0.139. The van der Waals surface area contributed by atoms with Crippen molar-refractivity contribution in [2.75, 3.05) is 13.1 Å². The Kier molecular flexibility index (Phi) is 5.06. The first-order chi connectivity index (χ1) is 6.02. The number of likely N-dealkylation sites (N-methyl/N-ethyl adjacent to an activating group) is 1. The topological polar surface area (TPSA) is 83.6 Å². The zero-order valence-corrected chi connectivity index (χ0v) is 7.99. The standard InChI is InChI=1S/C8H16N2O3/c1-3-6(8(9)13)10(4-2)5-7(11)12/h6H,3-5H2,1-2H3,(H2,9,13)(H,11,12). The van der Waals surface area contributed by atoms with Crippen molar-refractivity contribution in [3.8, 4) is 0 Å². The van der Waals surface area contributed by atoms with Gasteiger partial charge in [-0.1, -0.05) is 13.8 Å². The molecule has 5 heteroatoms. The van der Waals surface area contributed by atoms with Crippen LogP contribution in [0.1, 0.15) is 20.3 Å². The van der Waals surface area contributed by atoms with Crippen molar-refractivity contribution < 1.29 is 14.7 Å². The van der Waals surface area contributed by atoms with E-state index in [2.05, 4.69) is 0 Å². The number of hydrogen-bond donors (Lipinski definition) is 2. The number of carbonyl (C=O) groups excluding carboxylic acids is 1. The molecular formula is C8H16N2O3. The molecule has 0 radical (unpaired) electrons. The molecule has 1 unspecified atom stereocenters. The van der Waals surface area contributed by atoms with Crippen molar-refractivity contribution in [1.29, 1.82) is 0 Å². The molecule has 5 nitrogen and oxygen atoms in total. The van der Waals surface area contributed by atoms with Gasteiger partial charge in [0.25, 0.3) is 0 Å². The van der Waals surface area contributed by atoms with E-state index in [0.717, 1.165) is 0 Å². The molecule has 0 aromatic heterocycles. The van der Waals surface area contributed by atoms with Crippen LogP contribution in [0.25, 0.3) is 0 Å². The van der Waals surface area contributed by atoms with Crippen LogP contribution in [0.5, 0.6) is 0 Å². The van der Waals surface area contributed by atoms with Crippen molar-refractivity contribution in [3.05, 3.63) is 0 Å². The van der Waals surface area contributed by atoms with E-state index in [1.165, 1.54) is 0 Å². The van der Waals surface area contributed by atoms with E-state index in [1.807, 2.05) is 0 Å². The van der Waals surface area contributed by atoms with Crippen molar-refractivity contribution in [1.82, 2.24) is 4.90 Å². The lowest BCUT2D eigenvalue weighted by Crippen LogP contribution is -2.46. The number of nitrogens with zero attached hydrogens (tertiary/aromatic N) is 1. The summed E-state index contributed by atoms with van der Waals surface area (Å²) in [7, 11) is 0. The summed E-state index contributed by atoms with van der Waals surface area (Å²) < 4.78 is 0. The van der Waals surface area contributed by atoms with Crippen LogP contribution in [0.4, 0.5) is 0 Å². The number of carbonyl (C=O) groups is 2. The minimum atomic E-state index is -0.943. The number of carboxylic acids is 1. The fourth-order valence-corrected chi connectivity index (χ4v) is 1.26. The van der Waals surface area contributed by atoms with Gasteiger partial charge in [0.2, 0.25) is 5.91 Å². The van der Waals surface area contributed by atoms with E-state index < -0.39 is 17.9 Å². The molecule has 0 aliphatic rings. The van der Waals surface area contributed by atoms with E-state index in [1.54, 1.807) is 18.7 Å². The van der Waals surface area contributed by atoms with Gasteiger partial charge >= 0.3 is 5.97 Å². The van der Waals surface area contributed by atoms with Gasteiger partial charge in [0.1, 0.15) is 0 Å². The van der Waals surface area contributed by atoms with Crippen molar-refractivity contribution in [2.24, 2.45) is 5.73 Å². The summed E-state index contributed by atoms with van der Waals surface area (Å²) in [5.74, 6) is -1.41. The number of primary amides is 1. The quantitative estimate of drug-likeness (QED) is 0.597. The second-order valence-corrected chi connectivity index (χ2v) is 2.78. The molecule has 0 spiro atoms. The summed E-state index contributed by atoms with van der Waals surface area (Å²) in [6.07, 6.45) is 0.538. The zero-order chi connectivity index (χ0) is 10.4. The van der Waals surface area contributed by atoms with Gasteiger partial charge in [-0.3, -0.25) is 14.5 Å². The molecule has 0 aliphatic heterocycles. The molecule has 0 aromatic rings. The van der Waals surface area contributed by atoms with Gasteiger partial charge in [-0.15, -0.1) is 0 Å². The van der Waals surface area contributed by atoms with Gasteiger partial charge in [0.15, 0.2) is 0 Å². The van der Waals surface area contributed by atoms with Crippen LogP contribution < -0.4 is 5.73 Å². The molecule has 0 heterocycles. The minimum Gasteiger partial charge on any atom is -0.480 e. The number of nitrogens with two attached hydrogens (primary N) is 1. The third-order valence-electron chi connectivity index (χ3n) is 1.90. The first-order valence-corrected chi connectivity index (χ1v) is 4.28. The van der Waals surface area contributed by atoms with Gasteiger partial charge < -0.3 is 10.8 Å². The van der Waals surface area contributed by atoms with Gasteiger partial charge in [-0.05, 0) is 13.0 Å². The van der Waals surface area contributed by atoms with E-state index in [0.29, 0.717) is 13.0 Å². The maximum Gasteiger partial charge on any atom is 0.317 e. The van der Waals surface area contributed by atoms with E-state index >= 15 is 0 Å². The first-order valence-electron chi connectivity index (χ1n) is 4.28. The molecule has 3 N–H and O–H groups in total. The zero-order valence-electron chi connectivity index (χ0n) is 7.99. The summed E-state index contributed by atoms with van der Waals surface area (Å²) in [5.41, 5.74) is 5.13. The molecule has 0 saturated carbocycles. The van der Waals surface area contributed by atoms with E-state index in [9.17, 15) is 9.59 Å². The van der Waals surface area contributed by atoms with Crippen LogP contribution in [-0.2, 0) is 9.59 Å². The van der Waals surface area contributed by atoms with Crippen molar-refractivity contribution in [2.45, 2.75) is 26.3 Å². The molecule has 0 aliphatic carbocycles. The Bertz CT molecular complexity index is 194. The summed E-state index contributed by atoms with van der Waals surface area (Å²) in [5, 5.41) is 8.55. The number of carboxylic acid groups (broad SMARTS) is 1. The molecule has 13 heavy (non-hydrogen) atoms. The van der Waals surface area contributed by atoms with Crippen molar-refractivity contribution >= 4 is 11.9 Å². The summed E-state index contributed by atoms with van der Waals surface area (Å²) >= 11 is 0. The second-order valence-electron chi connectivity index (χ2n) is 2.78. The van der Waals surface area contributed by atoms with Crippen LogP contribution in [0.2, 0.25) is 0 Å². The largest absolute Gasteiger partial charge is 0.480 e. The van der Waals surface area contributed by atoms with Crippen LogP contribution in [0, 0.1) is 0 Å². The van der Waals surface area contributed by atoms with Gasteiger partial charge in [-0.25, -0.2) is 0 Å². The maximum absolute atomic E-state index is 10.9. The number of amides is 1. The van der Waals surface area contributed by atoms with Crippen LogP contribution >= 0.6 is 0 Å². The fraction of sp³-hybridized carbons (Fsp3) is 0.750. The Labute approximate surface area is 77.5 Å². The average Bonchev–Trinajstić information content (AvgIpc) is 2.02. The van der Waals surface area contributed by atoms with Crippen LogP contribution in [-0.4, -0.2) is 41.0 Å². The molecule has 1 atom stereocenters. The Morgan fingerprint density at radius 1 is 1.46 bits per heavy atom. The van der Waals surface area contributed by atoms with Gasteiger partial charge in [-0.2, -0.15) is 0 Å². The highest BCUT2D eigenvalue weighted by molar-refractivity contribution is 5.80. The normalized spacial score (nSPS) is 12.8. The van der Waals surface area contributed by atoms with Gasteiger partial charge in [0, 0.05) is 0 Å². The lowest BCUT2D eigenvalue weighted by Gasteiger charge is -2.25. The SMILES string of the molecule is CCC(C(N)=O)N(CC)CC(=O)O. The van der Waals surface area contributed by atoms with Gasteiger partial charge in [0.05, 0.1) is 12.6 Å². The highest BCUT2D eigenvalue weighted by atomic mass is 16.4. The Morgan fingerprint density at radius 2 is 2.00 bits per heavy atom. The Hall–Kier alpha value is -1.10. The highest BCUT2D eigenvalue weighted by Gasteiger charge is 2.22. The summed E-state index contributed by atoms with van der Waals surface area (Å²) in [6, 6.07) is -0.471. The van der Waals surface area contributed by atoms with Crippen LogP contribution in [0.15, 0.2) is 0 Å². The minimum absolute atomic E-state index is 0.141. The smallest absolute Gasteiger partial charge is 0.317 e. The highest BCUT2D eigenvalue weighted by Crippen LogP contribution is 2.02. The first kappa shape index (κ1) is 11.9. The Morgan fingerprint density at radius 3 is 2.23 bits per heavy atom. The molecular weight excluding hydrogens is 172 g/mol. The summed E-state index contributed by atoms with van der Waals surface area (Å²) in [4.78, 5) is 22.9. The Balaban J connectivity index is 4.33. The number of rotatable bonds is 6. The van der Waals surface area contributed by atoms with Crippen LogP contribution in [0.3, 0.4) is 0 Å². The second kappa shape index (κ2) is 5.53. The average molecular weight is 188 g/mol. The number of hydrogen-bond acceptors (Lipinski definition) is 3. The molecule has 1 amide bonds. The molecule has 0 aromatic carbocycles. The monoisotopic (exact) mass is 188 g/mol. The molecule has 0 saturated heterocycles. The number of aliphatic carboxylic acids is 1. The molecule has 0 bridgehead atoms. The predicted octanol–water partition coefficient (Wildman–Crippen LogP) is -0.343. The third kappa shape index (κ3) is 3.89. The third-order valence-corrected chi connectivity index (χ3v) is 1.90. The van der Waals surface area contributed by atoms with E-state index in [-0.39, 0.29) is 6.54 Å². The van der Waals surface area contributed by atoms with Crippen molar-refractivity contribution in [3.63, 3.8) is 0 Å². The molecule has 0 rings (SSSR count). The lowest BCUT2D eigenvalue weighted by atomic mass is 10.2. The maximum atomic E-state index is 10.9. The van der Waals surface area contributed by atoms with E-state index in [4.69, 9.17) is 10.8 Å². The molecule has 0 fully saturated rings. The fourth-order valence-electron chi connectivity index (χ4n) is 1.26.